The first-order chi connectivity index (χ1) is 16.0. The summed E-state index contributed by atoms with van der Waals surface area (Å²) in [6.07, 6.45) is 0. The van der Waals surface area contributed by atoms with Crippen molar-refractivity contribution < 1.29 is 17.9 Å². The maximum atomic E-state index is 13.8. The monoisotopic (exact) mass is 520 g/mol. The lowest BCUT2D eigenvalue weighted by Gasteiger charge is -2.26. The lowest BCUT2D eigenvalue weighted by molar-refractivity contribution is -0.119. The van der Waals surface area contributed by atoms with Crippen LogP contribution in [0.5, 0.6) is 5.75 Å². The maximum absolute atomic E-state index is 13.8. The first kappa shape index (κ1) is 25.9. The fraction of sp³-hybridized carbons (Fsp3) is 0.240. The van der Waals surface area contributed by atoms with Crippen molar-refractivity contribution in [3.63, 3.8) is 0 Å². The summed E-state index contributed by atoms with van der Waals surface area (Å²) in [5.41, 5.74) is 3.71. The fourth-order valence-electron chi connectivity index (χ4n) is 3.35. The van der Waals surface area contributed by atoms with Gasteiger partial charge in [0.25, 0.3) is 10.0 Å². The minimum absolute atomic E-state index is 0.0122. The molecule has 0 saturated carbocycles. The Morgan fingerprint density at radius 2 is 1.71 bits per heavy atom. The van der Waals surface area contributed by atoms with Crippen LogP contribution in [0, 0.1) is 20.8 Å². The number of nitrogens with one attached hydrogen (secondary N) is 1. The van der Waals surface area contributed by atoms with E-state index in [2.05, 4.69) is 5.32 Å². The van der Waals surface area contributed by atoms with Gasteiger partial charge in [0.2, 0.25) is 5.91 Å². The summed E-state index contributed by atoms with van der Waals surface area (Å²) in [6.45, 7) is 5.32. The Bertz CT molecular complexity index is 1330. The number of hydrogen-bond donors (Lipinski definition) is 1. The van der Waals surface area contributed by atoms with Crippen LogP contribution in [0.3, 0.4) is 0 Å². The van der Waals surface area contributed by atoms with Crippen molar-refractivity contribution in [3.8, 4) is 5.75 Å². The summed E-state index contributed by atoms with van der Waals surface area (Å²) < 4.78 is 34.0. The van der Waals surface area contributed by atoms with E-state index in [1.54, 1.807) is 49.4 Å². The standard InChI is InChI=1S/C25H26Cl2N2O4S/c1-16-5-10-23(33-4)24(11-16)34(31,32)29(21-9-6-17(2)18(3)12-21)15-25(30)28-14-19-7-8-20(26)13-22(19)27/h5-13H,14-15H2,1-4H3,(H,28,30). The Kier molecular flexibility index (Phi) is 8.13. The van der Waals surface area contributed by atoms with Gasteiger partial charge in [-0.1, -0.05) is 41.4 Å². The summed E-state index contributed by atoms with van der Waals surface area (Å²) in [5.74, 6) is -0.285. The number of methoxy groups -OCH3 is 1. The van der Waals surface area contributed by atoms with E-state index in [9.17, 15) is 13.2 Å². The van der Waals surface area contributed by atoms with Crippen LogP contribution >= 0.6 is 23.2 Å². The van der Waals surface area contributed by atoms with Crippen LogP contribution in [-0.2, 0) is 21.4 Å². The second-order valence-electron chi connectivity index (χ2n) is 7.95. The van der Waals surface area contributed by atoms with Gasteiger partial charge in [0.05, 0.1) is 12.8 Å². The van der Waals surface area contributed by atoms with Crippen molar-refractivity contribution in [2.45, 2.75) is 32.2 Å². The van der Waals surface area contributed by atoms with E-state index in [0.29, 0.717) is 21.3 Å². The van der Waals surface area contributed by atoms with Crippen LogP contribution < -0.4 is 14.4 Å². The van der Waals surface area contributed by atoms with Crippen LogP contribution in [0.15, 0.2) is 59.5 Å². The van der Waals surface area contributed by atoms with Crippen molar-refractivity contribution in [3.05, 3.63) is 86.9 Å². The van der Waals surface area contributed by atoms with Gasteiger partial charge in [-0.05, 0) is 79.4 Å². The summed E-state index contributed by atoms with van der Waals surface area (Å²) in [7, 11) is -2.73. The number of anilines is 1. The zero-order chi connectivity index (χ0) is 25.0. The molecule has 0 aliphatic rings. The van der Waals surface area contributed by atoms with Crippen LogP contribution in [-0.4, -0.2) is 28.0 Å². The molecule has 1 amide bonds. The molecule has 1 N–H and O–H groups in total. The fourth-order valence-corrected chi connectivity index (χ4v) is 5.48. The molecule has 3 aromatic rings. The molecule has 0 aliphatic carbocycles. The molecule has 0 unspecified atom stereocenters. The first-order valence-corrected chi connectivity index (χ1v) is 12.7. The molecule has 0 aliphatic heterocycles. The van der Waals surface area contributed by atoms with E-state index >= 15 is 0 Å². The third-order valence-corrected chi connectivity index (χ3v) is 7.83. The number of sulfonamides is 1. The number of rotatable bonds is 8. The summed E-state index contributed by atoms with van der Waals surface area (Å²) in [6, 6.07) is 15.1. The molecule has 34 heavy (non-hydrogen) atoms. The third kappa shape index (κ3) is 5.84. The zero-order valence-corrected chi connectivity index (χ0v) is 21.7. The minimum atomic E-state index is -4.14. The van der Waals surface area contributed by atoms with Gasteiger partial charge in [0.15, 0.2) is 0 Å². The smallest absolute Gasteiger partial charge is 0.268 e. The predicted molar refractivity (Wildman–Crippen MR) is 136 cm³/mol. The molecule has 0 saturated heterocycles. The molecule has 0 bridgehead atoms. The number of hydrogen-bond acceptors (Lipinski definition) is 4. The molecule has 6 nitrogen and oxygen atoms in total. The highest BCUT2D eigenvalue weighted by atomic mass is 35.5. The van der Waals surface area contributed by atoms with Crippen molar-refractivity contribution in [1.82, 2.24) is 5.32 Å². The predicted octanol–water partition coefficient (Wildman–Crippen LogP) is 5.44. The molecule has 0 fully saturated rings. The van der Waals surface area contributed by atoms with Crippen molar-refractivity contribution in [1.29, 1.82) is 0 Å². The van der Waals surface area contributed by atoms with Gasteiger partial charge >= 0.3 is 0 Å². The topological polar surface area (TPSA) is 75.7 Å². The minimum Gasteiger partial charge on any atom is -0.495 e. The molecule has 0 heterocycles. The number of halogens is 2. The first-order valence-electron chi connectivity index (χ1n) is 10.5. The molecule has 9 heteroatoms. The Labute approximate surface area is 210 Å². The van der Waals surface area contributed by atoms with Gasteiger partial charge in [-0.25, -0.2) is 8.42 Å². The quantitative estimate of drug-likeness (QED) is 0.429. The van der Waals surface area contributed by atoms with Gasteiger partial charge < -0.3 is 10.1 Å². The van der Waals surface area contributed by atoms with Crippen LogP contribution in [0.25, 0.3) is 0 Å². The van der Waals surface area contributed by atoms with Crippen molar-refractivity contribution in [2.75, 3.05) is 18.0 Å². The summed E-state index contributed by atoms with van der Waals surface area (Å²) in [4.78, 5) is 12.9. The largest absolute Gasteiger partial charge is 0.495 e. The van der Waals surface area contributed by atoms with E-state index in [4.69, 9.17) is 27.9 Å². The highest BCUT2D eigenvalue weighted by Gasteiger charge is 2.30. The molecule has 3 rings (SSSR count). The molecular weight excluding hydrogens is 495 g/mol. The Morgan fingerprint density at radius 1 is 0.971 bits per heavy atom. The average molecular weight is 521 g/mol. The van der Waals surface area contributed by atoms with Crippen LogP contribution in [0.2, 0.25) is 10.0 Å². The maximum Gasteiger partial charge on any atom is 0.268 e. The van der Waals surface area contributed by atoms with Crippen LogP contribution in [0.4, 0.5) is 5.69 Å². The van der Waals surface area contributed by atoms with Gasteiger partial charge in [-0.3, -0.25) is 9.10 Å². The van der Waals surface area contributed by atoms with Gasteiger partial charge in [-0.2, -0.15) is 0 Å². The Balaban J connectivity index is 1.96. The summed E-state index contributed by atoms with van der Waals surface area (Å²) >= 11 is 12.1. The lowest BCUT2D eigenvalue weighted by Crippen LogP contribution is -2.41. The second-order valence-corrected chi connectivity index (χ2v) is 10.6. The van der Waals surface area contributed by atoms with Crippen molar-refractivity contribution >= 4 is 44.8 Å². The van der Waals surface area contributed by atoms with Gasteiger partial charge in [-0.15, -0.1) is 0 Å². The van der Waals surface area contributed by atoms with Crippen LogP contribution in [0.1, 0.15) is 22.3 Å². The molecule has 0 aromatic heterocycles. The average Bonchev–Trinajstić information content (AvgIpc) is 2.78. The molecular formula is C25H26Cl2N2O4S. The van der Waals surface area contributed by atoms with E-state index < -0.39 is 22.5 Å². The number of ether oxygens (including phenoxy) is 1. The SMILES string of the molecule is COc1ccc(C)cc1S(=O)(=O)N(CC(=O)NCc1ccc(Cl)cc1Cl)c1ccc(C)c(C)c1. The zero-order valence-electron chi connectivity index (χ0n) is 19.4. The second kappa shape index (κ2) is 10.7. The van der Waals surface area contributed by atoms with E-state index in [1.165, 1.54) is 13.2 Å². The molecule has 180 valence electrons. The summed E-state index contributed by atoms with van der Waals surface area (Å²) in [5, 5.41) is 3.64. The Morgan fingerprint density at radius 3 is 2.35 bits per heavy atom. The highest BCUT2D eigenvalue weighted by Crippen LogP contribution is 2.31. The normalized spacial score (nSPS) is 11.2. The van der Waals surface area contributed by atoms with E-state index in [-0.39, 0.29) is 17.2 Å². The van der Waals surface area contributed by atoms with E-state index in [0.717, 1.165) is 21.0 Å². The van der Waals surface area contributed by atoms with Crippen molar-refractivity contribution in [2.24, 2.45) is 0 Å². The molecule has 0 radical (unpaired) electrons. The number of carbonyl (C=O) groups excluding carboxylic acids is 1. The number of carbonyl (C=O) groups is 1. The number of amides is 1. The molecule has 0 atom stereocenters. The third-order valence-electron chi connectivity index (χ3n) is 5.44. The number of benzene rings is 3. The molecule has 3 aromatic carbocycles. The highest BCUT2D eigenvalue weighted by molar-refractivity contribution is 7.93. The molecule has 0 spiro atoms. The van der Waals surface area contributed by atoms with E-state index in [1.807, 2.05) is 19.9 Å². The number of aryl methyl sites for hydroxylation is 3. The lowest BCUT2D eigenvalue weighted by atomic mass is 10.1. The van der Waals surface area contributed by atoms with Gasteiger partial charge in [0, 0.05) is 16.6 Å². The van der Waals surface area contributed by atoms with Gasteiger partial charge in [0.1, 0.15) is 17.2 Å². The Hall–Kier alpha value is -2.74. The number of nitrogens with zero attached hydrogens (tertiary/aromatic N) is 1.